The molecule has 2 rings (SSSR count). The lowest BCUT2D eigenvalue weighted by Gasteiger charge is -2.39. The molecule has 1 N–H and O–H groups in total. The molecule has 0 fully saturated rings. The minimum Gasteiger partial charge on any atom is -0.478 e. The number of benzene rings is 1. The molecule has 0 bridgehead atoms. The minimum absolute atomic E-state index is 0.0279. The largest absolute Gasteiger partial charge is 0.478 e. The third kappa shape index (κ3) is 5.70. The fraction of sp³-hybridized carbons (Fsp3) is 0.500. The molecular formula is C20H28ClN3O6Si. The molecular weight excluding hydrogens is 442 g/mol. The summed E-state index contributed by atoms with van der Waals surface area (Å²) in [4.78, 5) is 36.9. The van der Waals surface area contributed by atoms with E-state index < -0.39 is 31.6 Å². The van der Waals surface area contributed by atoms with E-state index in [-0.39, 0.29) is 34.5 Å². The van der Waals surface area contributed by atoms with E-state index in [1.165, 1.54) is 25.3 Å². The standard InChI is InChI=1S/C20H28ClN3O6Si/c1-20(2,3)31(5,6)30-14(12-29-4)11-23-17(25)10-22-24(19(23)28)13-7-8-16(21)15(9-13)18(26)27/h7-10,14H,11-12H2,1-6H3,(H,26,27). The van der Waals surface area contributed by atoms with Gasteiger partial charge >= 0.3 is 11.7 Å². The van der Waals surface area contributed by atoms with Crippen molar-refractivity contribution in [2.45, 2.75) is 51.6 Å². The van der Waals surface area contributed by atoms with Crippen LogP contribution in [0.3, 0.4) is 0 Å². The van der Waals surface area contributed by atoms with Crippen LogP contribution in [-0.4, -0.2) is 53.6 Å². The molecule has 170 valence electrons. The van der Waals surface area contributed by atoms with Crippen molar-refractivity contribution in [2.24, 2.45) is 0 Å². The Hall–Kier alpha value is -2.27. The van der Waals surface area contributed by atoms with E-state index in [4.69, 9.17) is 20.8 Å². The number of aromatic carboxylic acids is 1. The van der Waals surface area contributed by atoms with Crippen LogP contribution in [0.4, 0.5) is 0 Å². The maximum Gasteiger partial charge on any atom is 0.352 e. The van der Waals surface area contributed by atoms with Crippen LogP contribution in [0.2, 0.25) is 23.2 Å². The summed E-state index contributed by atoms with van der Waals surface area (Å²) in [5.74, 6) is -1.24. The summed E-state index contributed by atoms with van der Waals surface area (Å²) in [6.07, 6.45) is 0.485. The van der Waals surface area contributed by atoms with Crippen LogP contribution in [0.15, 0.2) is 34.0 Å². The lowest BCUT2D eigenvalue weighted by atomic mass is 10.2. The molecule has 1 heterocycles. The summed E-state index contributed by atoms with van der Waals surface area (Å²) >= 11 is 5.91. The zero-order valence-electron chi connectivity index (χ0n) is 18.5. The normalized spacial score (nSPS) is 13.3. The number of carboxylic acids is 1. The van der Waals surface area contributed by atoms with Gasteiger partial charge in [0.25, 0.3) is 5.56 Å². The van der Waals surface area contributed by atoms with Crippen molar-refractivity contribution in [3.63, 3.8) is 0 Å². The minimum atomic E-state index is -2.20. The second-order valence-electron chi connectivity index (χ2n) is 8.71. The maximum atomic E-state index is 13.1. The van der Waals surface area contributed by atoms with E-state index in [9.17, 15) is 19.5 Å². The molecule has 0 spiro atoms. The fourth-order valence-corrected chi connectivity index (χ4v) is 4.22. The van der Waals surface area contributed by atoms with Crippen molar-refractivity contribution < 1.29 is 19.1 Å². The van der Waals surface area contributed by atoms with E-state index in [2.05, 4.69) is 39.0 Å². The molecule has 2 aromatic rings. The number of nitrogens with zero attached hydrogens (tertiary/aromatic N) is 3. The summed E-state index contributed by atoms with van der Waals surface area (Å²) in [5, 5.41) is 13.1. The molecule has 0 radical (unpaired) electrons. The van der Waals surface area contributed by atoms with Gasteiger partial charge in [-0.3, -0.25) is 9.36 Å². The highest BCUT2D eigenvalue weighted by atomic mass is 35.5. The van der Waals surface area contributed by atoms with Gasteiger partial charge in [0.15, 0.2) is 8.32 Å². The number of halogens is 1. The van der Waals surface area contributed by atoms with Gasteiger partial charge in [-0.15, -0.1) is 0 Å². The average Bonchev–Trinajstić information content (AvgIpc) is 2.64. The Kier molecular flexibility index (Phi) is 7.64. The third-order valence-electron chi connectivity index (χ3n) is 5.39. The van der Waals surface area contributed by atoms with Crippen molar-refractivity contribution in [3.8, 4) is 5.69 Å². The first-order valence-electron chi connectivity index (χ1n) is 9.67. The highest BCUT2D eigenvalue weighted by Gasteiger charge is 2.39. The number of carbonyl (C=O) groups is 1. The Morgan fingerprint density at radius 1 is 1.29 bits per heavy atom. The number of rotatable bonds is 8. The summed E-state index contributed by atoms with van der Waals surface area (Å²) in [5.41, 5.74) is -1.31. The van der Waals surface area contributed by atoms with Crippen LogP contribution in [-0.2, 0) is 15.7 Å². The summed E-state index contributed by atoms with van der Waals surface area (Å²) in [7, 11) is -0.673. The first-order valence-corrected chi connectivity index (χ1v) is 13.0. The zero-order chi connectivity index (χ0) is 23.6. The van der Waals surface area contributed by atoms with Crippen molar-refractivity contribution in [1.82, 2.24) is 14.3 Å². The van der Waals surface area contributed by atoms with Gasteiger partial charge in [0, 0.05) is 7.11 Å². The molecule has 31 heavy (non-hydrogen) atoms. The molecule has 0 saturated carbocycles. The average molecular weight is 470 g/mol. The number of hydrogen-bond acceptors (Lipinski definition) is 6. The van der Waals surface area contributed by atoms with Gasteiger partial charge in [0.05, 0.1) is 35.5 Å². The molecule has 0 aliphatic carbocycles. The van der Waals surface area contributed by atoms with E-state index >= 15 is 0 Å². The van der Waals surface area contributed by atoms with Crippen LogP contribution in [0.25, 0.3) is 5.69 Å². The van der Waals surface area contributed by atoms with Gasteiger partial charge < -0.3 is 14.3 Å². The number of hydrogen-bond donors (Lipinski definition) is 1. The Labute approximate surface area is 186 Å². The fourth-order valence-electron chi connectivity index (χ4n) is 2.70. The third-order valence-corrected chi connectivity index (χ3v) is 10.3. The smallest absolute Gasteiger partial charge is 0.352 e. The predicted octanol–water partition coefficient (Wildman–Crippen LogP) is 2.78. The van der Waals surface area contributed by atoms with E-state index in [1.54, 1.807) is 0 Å². The number of methoxy groups -OCH3 is 1. The predicted molar refractivity (Wildman–Crippen MR) is 120 cm³/mol. The van der Waals surface area contributed by atoms with Crippen LogP contribution in [0, 0.1) is 0 Å². The molecule has 0 aliphatic heterocycles. The topological polar surface area (TPSA) is 113 Å². The molecule has 9 nitrogen and oxygen atoms in total. The number of ether oxygens (including phenoxy) is 1. The Bertz CT molecular complexity index is 1070. The molecule has 0 aliphatic rings. The van der Waals surface area contributed by atoms with Gasteiger partial charge in [-0.25, -0.2) is 9.59 Å². The van der Waals surface area contributed by atoms with Gasteiger partial charge in [-0.2, -0.15) is 9.78 Å². The van der Waals surface area contributed by atoms with Crippen molar-refractivity contribution in [3.05, 3.63) is 55.8 Å². The highest BCUT2D eigenvalue weighted by molar-refractivity contribution is 6.74. The van der Waals surface area contributed by atoms with E-state index in [0.717, 1.165) is 15.4 Å². The van der Waals surface area contributed by atoms with Gasteiger partial charge in [0.2, 0.25) is 0 Å². The number of aromatic nitrogens is 3. The lowest BCUT2D eigenvalue weighted by molar-refractivity contribution is 0.0591. The van der Waals surface area contributed by atoms with Gasteiger partial charge in [-0.1, -0.05) is 32.4 Å². The summed E-state index contributed by atoms with van der Waals surface area (Å²) in [6.45, 7) is 10.6. The van der Waals surface area contributed by atoms with Crippen molar-refractivity contribution in [2.75, 3.05) is 13.7 Å². The van der Waals surface area contributed by atoms with Crippen LogP contribution in [0.1, 0.15) is 31.1 Å². The lowest BCUT2D eigenvalue weighted by Crippen LogP contribution is -2.49. The van der Waals surface area contributed by atoms with Crippen LogP contribution >= 0.6 is 11.6 Å². The van der Waals surface area contributed by atoms with Crippen LogP contribution < -0.4 is 11.2 Å². The molecule has 1 atom stereocenters. The molecule has 1 aromatic carbocycles. The second-order valence-corrected chi connectivity index (χ2v) is 13.9. The Balaban J connectivity index is 2.48. The van der Waals surface area contributed by atoms with Crippen molar-refractivity contribution >= 4 is 25.9 Å². The molecule has 0 amide bonds. The highest BCUT2D eigenvalue weighted by Crippen LogP contribution is 2.37. The van der Waals surface area contributed by atoms with E-state index in [0.29, 0.717) is 0 Å². The summed E-state index contributed by atoms with van der Waals surface area (Å²) < 4.78 is 13.6. The summed E-state index contributed by atoms with van der Waals surface area (Å²) in [6, 6.07) is 4.04. The quantitative estimate of drug-likeness (QED) is 0.591. The SMILES string of the molecule is COCC(Cn1c(=O)cnn(-c2ccc(Cl)c(C(=O)O)c2)c1=O)O[Si](C)(C)C(C)(C)C. The Morgan fingerprint density at radius 2 is 1.94 bits per heavy atom. The molecule has 11 heteroatoms. The van der Waals surface area contributed by atoms with Gasteiger partial charge in [0.1, 0.15) is 6.20 Å². The first-order chi connectivity index (χ1) is 14.3. The van der Waals surface area contributed by atoms with Crippen molar-refractivity contribution in [1.29, 1.82) is 0 Å². The Morgan fingerprint density at radius 3 is 2.48 bits per heavy atom. The molecule has 0 saturated heterocycles. The maximum absolute atomic E-state index is 13.1. The monoisotopic (exact) mass is 469 g/mol. The molecule has 1 unspecified atom stereocenters. The first kappa shape index (κ1) is 25.0. The van der Waals surface area contributed by atoms with Crippen LogP contribution in [0.5, 0.6) is 0 Å². The number of carboxylic acid groups (broad SMARTS) is 1. The zero-order valence-corrected chi connectivity index (χ0v) is 20.3. The van der Waals surface area contributed by atoms with Gasteiger partial charge in [-0.05, 0) is 36.3 Å². The van der Waals surface area contributed by atoms with E-state index in [1.807, 2.05) is 0 Å². The molecule has 1 aromatic heterocycles. The second kappa shape index (κ2) is 9.47.